The maximum absolute atomic E-state index is 5.54. The summed E-state index contributed by atoms with van der Waals surface area (Å²) < 4.78 is 16.2. The van der Waals surface area contributed by atoms with Crippen LogP contribution in [0.4, 0.5) is 0 Å². The summed E-state index contributed by atoms with van der Waals surface area (Å²) in [5, 5.41) is 3.49. The van der Waals surface area contributed by atoms with E-state index in [9.17, 15) is 0 Å². The number of hydrogen-bond donors (Lipinski definition) is 1. The van der Waals surface area contributed by atoms with Gasteiger partial charge in [0.2, 0.25) is 0 Å². The predicted octanol–water partition coefficient (Wildman–Crippen LogP) is 3.39. The first-order chi connectivity index (χ1) is 9.80. The minimum absolute atomic E-state index is 0.0183. The first kappa shape index (κ1) is 14.5. The Morgan fingerprint density at radius 1 is 1.15 bits per heavy atom. The van der Waals surface area contributed by atoms with E-state index in [-0.39, 0.29) is 6.04 Å². The number of benzene rings is 1. The Morgan fingerprint density at radius 2 is 1.95 bits per heavy atom. The molecule has 20 heavy (non-hydrogen) atoms. The predicted molar refractivity (Wildman–Crippen MR) is 78.4 cm³/mol. The zero-order valence-electron chi connectivity index (χ0n) is 12.2. The van der Waals surface area contributed by atoms with Gasteiger partial charge in [-0.25, -0.2) is 0 Å². The summed E-state index contributed by atoms with van der Waals surface area (Å²) in [5.74, 6) is 2.34. The van der Waals surface area contributed by atoms with Crippen LogP contribution in [0.15, 0.2) is 41.0 Å². The van der Waals surface area contributed by atoms with Gasteiger partial charge in [0.15, 0.2) is 11.5 Å². The van der Waals surface area contributed by atoms with Gasteiger partial charge in [0.05, 0.1) is 26.5 Å². The molecular weight excluding hydrogens is 254 g/mol. The molecule has 0 saturated carbocycles. The second-order valence-electron chi connectivity index (χ2n) is 4.52. The van der Waals surface area contributed by atoms with Crippen molar-refractivity contribution in [3.05, 3.63) is 47.9 Å². The van der Waals surface area contributed by atoms with Crippen molar-refractivity contribution < 1.29 is 13.9 Å². The first-order valence-corrected chi connectivity index (χ1v) is 6.78. The fourth-order valence-corrected chi connectivity index (χ4v) is 2.16. The van der Waals surface area contributed by atoms with Crippen molar-refractivity contribution in [2.45, 2.75) is 19.4 Å². The number of ether oxygens (including phenoxy) is 2. The largest absolute Gasteiger partial charge is 0.493 e. The third kappa shape index (κ3) is 3.14. The number of nitrogens with one attached hydrogen (secondary N) is 1. The van der Waals surface area contributed by atoms with Crippen molar-refractivity contribution in [1.82, 2.24) is 5.32 Å². The Hall–Kier alpha value is -1.94. The monoisotopic (exact) mass is 275 g/mol. The van der Waals surface area contributed by atoms with Gasteiger partial charge < -0.3 is 19.2 Å². The highest BCUT2D eigenvalue weighted by molar-refractivity contribution is 5.45. The van der Waals surface area contributed by atoms with Gasteiger partial charge in [-0.15, -0.1) is 0 Å². The lowest BCUT2D eigenvalue weighted by molar-refractivity contribution is 0.353. The van der Waals surface area contributed by atoms with Crippen LogP contribution >= 0.6 is 0 Å². The van der Waals surface area contributed by atoms with Crippen molar-refractivity contribution in [3.8, 4) is 11.5 Å². The summed E-state index contributed by atoms with van der Waals surface area (Å²) in [7, 11) is 3.28. The molecule has 0 aliphatic carbocycles. The van der Waals surface area contributed by atoms with E-state index in [4.69, 9.17) is 13.9 Å². The standard InChI is InChI=1S/C16H21NO3/c1-4-9-17-16(14-6-5-10-20-14)12-7-8-13(18-2)15(11-12)19-3/h5-8,10-11,16-17H,4,9H2,1-3H3. The Kier molecular flexibility index (Phi) is 5.07. The summed E-state index contributed by atoms with van der Waals surface area (Å²) >= 11 is 0. The molecule has 0 radical (unpaired) electrons. The minimum atomic E-state index is 0.0183. The highest BCUT2D eigenvalue weighted by Crippen LogP contribution is 2.32. The highest BCUT2D eigenvalue weighted by Gasteiger charge is 2.18. The number of rotatable bonds is 7. The van der Waals surface area contributed by atoms with Crippen molar-refractivity contribution in [2.75, 3.05) is 20.8 Å². The number of furan rings is 1. The molecule has 4 heteroatoms. The van der Waals surface area contributed by atoms with Crippen LogP contribution in [0.1, 0.15) is 30.7 Å². The summed E-state index contributed by atoms with van der Waals surface area (Å²) in [4.78, 5) is 0. The molecule has 0 amide bonds. The molecule has 0 aliphatic heterocycles. The molecule has 0 aliphatic rings. The molecular formula is C16H21NO3. The van der Waals surface area contributed by atoms with Crippen molar-refractivity contribution in [1.29, 1.82) is 0 Å². The van der Waals surface area contributed by atoms with E-state index < -0.39 is 0 Å². The fraction of sp³-hybridized carbons (Fsp3) is 0.375. The van der Waals surface area contributed by atoms with Crippen molar-refractivity contribution in [2.24, 2.45) is 0 Å². The van der Waals surface area contributed by atoms with E-state index in [1.54, 1.807) is 20.5 Å². The molecule has 2 rings (SSSR count). The molecule has 0 saturated heterocycles. The summed E-state index contributed by atoms with van der Waals surface area (Å²) in [6.07, 6.45) is 2.75. The quantitative estimate of drug-likeness (QED) is 0.841. The van der Waals surface area contributed by atoms with Gasteiger partial charge in [-0.2, -0.15) is 0 Å². The van der Waals surface area contributed by atoms with Gasteiger partial charge in [-0.3, -0.25) is 0 Å². The molecule has 108 valence electrons. The van der Waals surface area contributed by atoms with Crippen LogP contribution in [-0.4, -0.2) is 20.8 Å². The zero-order chi connectivity index (χ0) is 14.4. The highest BCUT2D eigenvalue weighted by atomic mass is 16.5. The maximum Gasteiger partial charge on any atom is 0.161 e. The molecule has 1 N–H and O–H groups in total. The molecule has 1 aromatic carbocycles. The summed E-state index contributed by atoms with van der Waals surface area (Å²) in [6, 6.07) is 9.81. The SMILES string of the molecule is CCCNC(c1ccc(OC)c(OC)c1)c1ccco1. The molecule has 1 unspecified atom stereocenters. The van der Waals surface area contributed by atoms with Gasteiger partial charge in [-0.1, -0.05) is 13.0 Å². The lowest BCUT2D eigenvalue weighted by atomic mass is 10.0. The smallest absolute Gasteiger partial charge is 0.161 e. The van der Waals surface area contributed by atoms with Gasteiger partial charge in [0, 0.05) is 0 Å². The molecule has 1 heterocycles. The van der Waals surface area contributed by atoms with Gasteiger partial charge >= 0.3 is 0 Å². The minimum Gasteiger partial charge on any atom is -0.493 e. The second-order valence-corrected chi connectivity index (χ2v) is 4.52. The van der Waals surface area contributed by atoms with E-state index in [2.05, 4.69) is 12.2 Å². The van der Waals surface area contributed by atoms with Crippen LogP contribution in [0.5, 0.6) is 11.5 Å². The summed E-state index contributed by atoms with van der Waals surface area (Å²) in [5.41, 5.74) is 1.09. The average Bonchev–Trinajstić information content (AvgIpc) is 3.01. The number of methoxy groups -OCH3 is 2. The van der Waals surface area contributed by atoms with Crippen molar-refractivity contribution in [3.63, 3.8) is 0 Å². The first-order valence-electron chi connectivity index (χ1n) is 6.78. The van der Waals surface area contributed by atoms with Crippen LogP contribution in [0, 0.1) is 0 Å². The molecule has 0 fully saturated rings. The van der Waals surface area contributed by atoms with Gasteiger partial charge in [0.1, 0.15) is 5.76 Å². The van der Waals surface area contributed by atoms with Crippen LogP contribution in [0.2, 0.25) is 0 Å². The Labute approximate surface area is 119 Å². The van der Waals surface area contributed by atoms with E-state index >= 15 is 0 Å². The maximum atomic E-state index is 5.54. The van der Waals surface area contributed by atoms with Crippen LogP contribution in [0.3, 0.4) is 0 Å². The van der Waals surface area contributed by atoms with Crippen LogP contribution < -0.4 is 14.8 Å². The van der Waals surface area contributed by atoms with Crippen molar-refractivity contribution >= 4 is 0 Å². The number of hydrogen-bond acceptors (Lipinski definition) is 4. The second kappa shape index (κ2) is 7.01. The third-order valence-electron chi connectivity index (χ3n) is 3.17. The van der Waals surface area contributed by atoms with Gasteiger partial charge in [-0.05, 0) is 42.8 Å². The molecule has 4 nitrogen and oxygen atoms in total. The van der Waals surface area contributed by atoms with Gasteiger partial charge in [0.25, 0.3) is 0 Å². The third-order valence-corrected chi connectivity index (χ3v) is 3.17. The Morgan fingerprint density at radius 3 is 2.55 bits per heavy atom. The summed E-state index contributed by atoms with van der Waals surface area (Å²) in [6.45, 7) is 3.06. The normalized spacial score (nSPS) is 12.2. The fourth-order valence-electron chi connectivity index (χ4n) is 2.16. The molecule has 0 bridgehead atoms. The van der Waals surface area contributed by atoms with Crippen LogP contribution in [-0.2, 0) is 0 Å². The lowest BCUT2D eigenvalue weighted by Crippen LogP contribution is -2.22. The average molecular weight is 275 g/mol. The Bertz CT molecular complexity index is 523. The zero-order valence-corrected chi connectivity index (χ0v) is 12.2. The van der Waals surface area contributed by atoms with E-state index in [0.717, 1.165) is 35.8 Å². The van der Waals surface area contributed by atoms with Crippen LogP contribution in [0.25, 0.3) is 0 Å². The molecule has 1 atom stereocenters. The van der Waals surface area contributed by atoms with E-state index in [0.29, 0.717) is 0 Å². The molecule has 0 spiro atoms. The van der Waals surface area contributed by atoms with E-state index in [1.807, 2.05) is 30.3 Å². The Balaban J connectivity index is 2.33. The van der Waals surface area contributed by atoms with E-state index in [1.165, 1.54) is 0 Å². The molecule has 1 aromatic heterocycles. The molecule has 2 aromatic rings. The lowest BCUT2D eigenvalue weighted by Gasteiger charge is -2.18. The topological polar surface area (TPSA) is 43.6 Å².